The van der Waals surface area contributed by atoms with Crippen LogP contribution in [0.3, 0.4) is 0 Å². The summed E-state index contributed by atoms with van der Waals surface area (Å²) in [6.45, 7) is 4.14. The summed E-state index contributed by atoms with van der Waals surface area (Å²) in [5.41, 5.74) is 2.78. The zero-order valence-electron chi connectivity index (χ0n) is 9.07. The van der Waals surface area contributed by atoms with Crippen molar-refractivity contribution in [3.8, 4) is 0 Å². The molecule has 0 bridgehead atoms. The van der Waals surface area contributed by atoms with E-state index in [9.17, 15) is 0 Å². The number of benzene rings is 1. The van der Waals surface area contributed by atoms with E-state index in [0.29, 0.717) is 17.9 Å². The zero-order chi connectivity index (χ0) is 10.3. The van der Waals surface area contributed by atoms with Crippen molar-refractivity contribution in [1.82, 2.24) is 0 Å². The van der Waals surface area contributed by atoms with Gasteiger partial charge in [0.15, 0.2) is 0 Å². The average molecular weight is 203 g/mol. The molecule has 0 amide bonds. The zero-order valence-corrected chi connectivity index (χ0v) is 9.07. The van der Waals surface area contributed by atoms with Crippen molar-refractivity contribution >= 4 is 5.69 Å². The van der Waals surface area contributed by atoms with E-state index < -0.39 is 0 Å². The standard InChI is InChI=1S/C13H17NO/c1-9-10-4-2-3-5-12(10)14-13-6-7-15-8-11(9)13/h2-5,9,11,13-14H,6-8H2,1H3. The predicted octanol–water partition coefficient (Wildman–Crippen LogP) is 2.62. The molecule has 15 heavy (non-hydrogen) atoms. The van der Waals surface area contributed by atoms with E-state index in [1.807, 2.05) is 0 Å². The van der Waals surface area contributed by atoms with Crippen LogP contribution in [-0.2, 0) is 4.74 Å². The van der Waals surface area contributed by atoms with Gasteiger partial charge < -0.3 is 10.1 Å². The highest BCUT2D eigenvalue weighted by Gasteiger charge is 2.35. The number of hydrogen-bond acceptors (Lipinski definition) is 2. The maximum Gasteiger partial charge on any atom is 0.0519 e. The number of fused-ring (bicyclic) bond motifs is 2. The molecule has 2 heteroatoms. The molecule has 3 atom stereocenters. The first-order valence-corrected chi connectivity index (χ1v) is 5.79. The third kappa shape index (κ3) is 1.44. The highest BCUT2D eigenvalue weighted by molar-refractivity contribution is 5.56. The van der Waals surface area contributed by atoms with E-state index in [1.165, 1.54) is 11.3 Å². The Morgan fingerprint density at radius 3 is 3.13 bits per heavy atom. The van der Waals surface area contributed by atoms with Gasteiger partial charge in [0, 0.05) is 24.3 Å². The van der Waals surface area contributed by atoms with E-state index >= 15 is 0 Å². The summed E-state index contributed by atoms with van der Waals surface area (Å²) in [7, 11) is 0. The van der Waals surface area contributed by atoms with Crippen LogP contribution in [0.5, 0.6) is 0 Å². The number of ether oxygens (including phenoxy) is 1. The van der Waals surface area contributed by atoms with Crippen LogP contribution in [0.4, 0.5) is 5.69 Å². The first-order valence-electron chi connectivity index (χ1n) is 5.79. The maximum absolute atomic E-state index is 5.58. The Hall–Kier alpha value is -1.02. The van der Waals surface area contributed by atoms with E-state index in [4.69, 9.17) is 4.74 Å². The van der Waals surface area contributed by atoms with E-state index in [2.05, 4.69) is 36.5 Å². The lowest BCUT2D eigenvalue weighted by Gasteiger charge is -2.41. The highest BCUT2D eigenvalue weighted by atomic mass is 16.5. The fraction of sp³-hybridized carbons (Fsp3) is 0.538. The van der Waals surface area contributed by atoms with Gasteiger partial charge in [-0.3, -0.25) is 0 Å². The molecule has 1 aromatic rings. The van der Waals surface area contributed by atoms with Crippen molar-refractivity contribution in [2.24, 2.45) is 5.92 Å². The molecular weight excluding hydrogens is 186 g/mol. The number of nitrogens with one attached hydrogen (secondary N) is 1. The van der Waals surface area contributed by atoms with Crippen molar-refractivity contribution in [1.29, 1.82) is 0 Å². The molecule has 0 spiro atoms. The molecule has 3 rings (SSSR count). The molecule has 1 N–H and O–H groups in total. The third-order valence-corrected chi connectivity index (χ3v) is 3.83. The summed E-state index contributed by atoms with van der Waals surface area (Å²) in [5.74, 6) is 1.27. The van der Waals surface area contributed by atoms with E-state index in [-0.39, 0.29) is 0 Å². The van der Waals surface area contributed by atoms with Crippen molar-refractivity contribution in [2.75, 3.05) is 18.5 Å². The van der Waals surface area contributed by atoms with E-state index in [1.54, 1.807) is 0 Å². The summed E-state index contributed by atoms with van der Waals surface area (Å²) in [5, 5.41) is 3.65. The second-order valence-electron chi connectivity index (χ2n) is 4.65. The minimum atomic E-state index is 0.614. The lowest BCUT2D eigenvalue weighted by Crippen LogP contribution is -2.43. The normalized spacial score (nSPS) is 33.8. The molecule has 1 saturated heterocycles. The number of anilines is 1. The van der Waals surface area contributed by atoms with E-state index in [0.717, 1.165) is 19.6 Å². The number of rotatable bonds is 0. The van der Waals surface area contributed by atoms with Gasteiger partial charge >= 0.3 is 0 Å². The smallest absolute Gasteiger partial charge is 0.0519 e. The molecule has 0 radical (unpaired) electrons. The van der Waals surface area contributed by atoms with Gasteiger partial charge in [0.25, 0.3) is 0 Å². The van der Waals surface area contributed by atoms with Crippen molar-refractivity contribution in [2.45, 2.75) is 25.3 Å². The molecular formula is C13H17NO. The van der Waals surface area contributed by atoms with Crippen LogP contribution in [0.2, 0.25) is 0 Å². The van der Waals surface area contributed by atoms with Crippen molar-refractivity contribution in [3.63, 3.8) is 0 Å². The fourth-order valence-electron chi connectivity index (χ4n) is 2.89. The maximum atomic E-state index is 5.58. The molecule has 80 valence electrons. The van der Waals surface area contributed by atoms with Crippen LogP contribution in [0.15, 0.2) is 24.3 Å². The minimum Gasteiger partial charge on any atom is -0.382 e. The topological polar surface area (TPSA) is 21.3 Å². The summed E-state index contributed by atoms with van der Waals surface area (Å²) < 4.78 is 5.58. The summed E-state index contributed by atoms with van der Waals surface area (Å²) in [4.78, 5) is 0. The summed E-state index contributed by atoms with van der Waals surface area (Å²) in [6.07, 6.45) is 1.14. The minimum absolute atomic E-state index is 0.614. The second-order valence-corrected chi connectivity index (χ2v) is 4.65. The quantitative estimate of drug-likeness (QED) is 0.700. The van der Waals surface area contributed by atoms with Gasteiger partial charge in [0.2, 0.25) is 0 Å². The number of para-hydroxylation sites is 1. The molecule has 0 saturated carbocycles. The molecule has 0 aliphatic carbocycles. The van der Waals surface area contributed by atoms with Crippen molar-refractivity contribution < 1.29 is 4.74 Å². The van der Waals surface area contributed by atoms with Crippen LogP contribution in [0, 0.1) is 5.92 Å². The lowest BCUT2D eigenvalue weighted by molar-refractivity contribution is 0.0358. The van der Waals surface area contributed by atoms with Gasteiger partial charge in [-0.15, -0.1) is 0 Å². The first kappa shape index (κ1) is 9.22. The van der Waals surface area contributed by atoms with Crippen LogP contribution in [0.25, 0.3) is 0 Å². The Morgan fingerprint density at radius 2 is 2.20 bits per heavy atom. The molecule has 3 unspecified atom stereocenters. The molecule has 1 fully saturated rings. The fourth-order valence-corrected chi connectivity index (χ4v) is 2.89. The van der Waals surface area contributed by atoms with Crippen LogP contribution >= 0.6 is 0 Å². The Bertz CT molecular complexity index is 363. The Morgan fingerprint density at radius 1 is 1.33 bits per heavy atom. The molecule has 1 aromatic carbocycles. The summed E-state index contributed by atoms with van der Waals surface area (Å²) >= 11 is 0. The van der Waals surface area contributed by atoms with Crippen LogP contribution in [-0.4, -0.2) is 19.3 Å². The third-order valence-electron chi connectivity index (χ3n) is 3.83. The SMILES string of the molecule is CC1c2ccccc2NC2CCOCC21. The van der Waals surface area contributed by atoms with Crippen molar-refractivity contribution in [3.05, 3.63) is 29.8 Å². The Balaban J connectivity index is 1.98. The first-order chi connectivity index (χ1) is 7.36. The van der Waals surface area contributed by atoms with Gasteiger partial charge in [-0.1, -0.05) is 25.1 Å². The Labute approximate surface area is 90.6 Å². The van der Waals surface area contributed by atoms with Gasteiger partial charge in [-0.25, -0.2) is 0 Å². The van der Waals surface area contributed by atoms with Gasteiger partial charge in [-0.05, 0) is 24.0 Å². The molecule has 2 aliphatic heterocycles. The predicted molar refractivity (Wildman–Crippen MR) is 61.2 cm³/mol. The Kier molecular flexibility index (Phi) is 2.17. The van der Waals surface area contributed by atoms with Crippen LogP contribution in [0.1, 0.15) is 24.8 Å². The largest absolute Gasteiger partial charge is 0.382 e. The molecule has 0 aromatic heterocycles. The highest BCUT2D eigenvalue weighted by Crippen LogP contribution is 2.40. The monoisotopic (exact) mass is 203 g/mol. The average Bonchev–Trinajstić information content (AvgIpc) is 2.30. The van der Waals surface area contributed by atoms with Gasteiger partial charge in [0.05, 0.1) is 6.61 Å². The second kappa shape index (κ2) is 3.53. The molecule has 2 nitrogen and oxygen atoms in total. The molecule has 2 heterocycles. The molecule has 2 aliphatic rings. The van der Waals surface area contributed by atoms with Gasteiger partial charge in [-0.2, -0.15) is 0 Å². The van der Waals surface area contributed by atoms with Crippen LogP contribution < -0.4 is 5.32 Å². The lowest BCUT2D eigenvalue weighted by atomic mass is 9.77. The summed E-state index contributed by atoms with van der Waals surface area (Å²) in [6, 6.07) is 9.28. The number of hydrogen-bond donors (Lipinski definition) is 1. The van der Waals surface area contributed by atoms with Gasteiger partial charge in [0.1, 0.15) is 0 Å².